The number of hydrogen-bond acceptors (Lipinski definition) is 9. The van der Waals surface area contributed by atoms with E-state index in [0.29, 0.717) is 0 Å². The molecule has 0 bridgehead atoms. The Balaban J connectivity index is 0.000000293. The molecule has 9 nitrogen and oxygen atoms in total. The molecule has 2 rings (SSSR count). The molecule has 0 aliphatic carbocycles. The first-order chi connectivity index (χ1) is 9.71. The van der Waals surface area contributed by atoms with Crippen LogP contribution in [-0.2, 0) is 45.3 Å². The number of nitrogens with zero attached hydrogens (tertiary/aromatic N) is 2. The topological polar surface area (TPSA) is 152 Å². The van der Waals surface area contributed by atoms with Crippen LogP contribution in [0.25, 0.3) is 0 Å². The summed E-state index contributed by atoms with van der Waals surface area (Å²) in [5.41, 5.74) is 0. The first kappa shape index (κ1) is 19.4. The third-order valence-corrected chi connectivity index (χ3v) is 3.97. The third-order valence-electron chi connectivity index (χ3n) is 1.30. The van der Waals surface area contributed by atoms with Gasteiger partial charge in [0.05, 0.1) is 9.98 Å². The fraction of sp³-hybridized carbons (Fsp3) is 0. The second-order valence-corrected chi connectivity index (χ2v) is 6.57. The molecule has 2 heterocycles. The van der Waals surface area contributed by atoms with Gasteiger partial charge in [-0.2, -0.15) is 0 Å². The van der Waals surface area contributed by atoms with Gasteiger partial charge in [0.1, 0.15) is 0 Å². The Morgan fingerprint density at radius 3 is 1.10 bits per heavy atom. The van der Waals surface area contributed by atoms with Gasteiger partial charge in [-0.15, -0.1) is 0 Å². The third kappa shape index (κ3) is 18.4. The molecule has 0 N–H and O–H groups in total. The molecule has 0 saturated carbocycles. The second-order valence-electron chi connectivity index (χ2n) is 2.93. The molecule has 21 heavy (non-hydrogen) atoms. The molecule has 0 spiro atoms. The minimum atomic E-state index is -6.07. The molecule has 2 aliphatic rings. The van der Waals surface area contributed by atoms with E-state index in [1.165, 1.54) is 0 Å². The van der Waals surface area contributed by atoms with E-state index in [-0.39, 0.29) is 0 Å². The predicted molar refractivity (Wildman–Crippen MR) is 56.8 cm³/mol. The van der Waals surface area contributed by atoms with Crippen molar-refractivity contribution in [2.45, 2.75) is 0 Å². The Morgan fingerprint density at radius 1 is 0.667 bits per heavy atom. The van der Waals surface area contributed by atoms with Crippen LogP contribution < -0.4 is 18.3 Å². The summed E-state index contributed by atoms with van der Waals surface area (Å²) in [6, 6.07) is 0. The monoisotopic (exact) mass is 374 g/mol. The predicted octanol–water partition coefficient (Wildman–Crippen LogP) is -1.97. The average molecular weight is 374 g/mol. The summed E-state index contributed by atoms with van der Waals surface area (Å²) < 4.78 is 58.9. The molecule has 2 radical (unpaired) electrons. The van der Waals surface area contributed by atoms with Gasteiger partial charge < -0.3 is 0 Å². The molecule has 0 unspecified atom stereocenters. The molecule has 0 aromatic carbocycles. The van der Waals surface area contributed by atoms with Gasteiger partial charge in [-0.25, -0.2) is 0 Å². The van der Waals surface area contributed by atoms with E-state index < -0.39 is 27.2 Å². The van der Waals surface area contributed by atoms with Crippen molar-refractivity contribution in [2.24, 2.45) is 0 Å². The van der Waals surface area contributed by atoms with E-state index >= 15 is 0 Å². The van der Waals surface area contributed by atoms with Gasteiger partial charge in [-0.05, 0) is 12.2 Å². The van der Waals surface area contributed by atoms with Gasteiger partial charge in [0.2, 0.25) is 24.8 Å². The van der Waals surface area contributed by atoms with Crippen molar-refractivity contribution in [3.05, 3.63) is 48.9 Å². The summed E-state index contributed by atoms with van der Waals surface area (Å²) in [5, 5.41) is 0. The van der Waals surface area contributed by atoms with E-state index in [1.54, 1.807) is 24.8 Å². The van der Waals surface area contributed by atoms with Crippen molar-refractivity contribution >= 4 is 12.4 Å². The summed E-state index contributed by atoms with van der Waals surface area (Å²) in [6.45, 7) is 0. The fourth-order valence-corrected chi connectivity index (χ4v) is 2.36. The van der Waals surface area contributed by atoms with Crippen molar-refractivity contribution in [3.8, 4) is 0 Å². The summed E-state index contributed by atoms with van der Waals surface area (Å²) in [5.74, 6) is 0. The zero-order valence-electron chi connectivity index (χ0n) is 10.3. The summed E-state index contributed by atoms with van der Waals surface area (Å²) >= 11 is -12.1. The van der Waals surface area contributed by atoms with Crippen molar-refractivity contribution < 1.29 is 53.6 Å². The van der Waals surface area contributed by atoms with Gasteiger partial charge in [0, 0.05) is 24.3 Å². The molecule has 0 aromatic heterocycles. The fourth-order valence-electron chi connectivity index (χ4n) is 0.727. The average Bonchev–Trinajstić information content (AvgIpc) is 2.40. The van der Waals surface area contributed by atoms with Crippen LogP contribution in [0.3, 0.4) is 0 Å². The Morgan fingerprint density at radius 2 is 1.05 bits per heavy atom. The van der Waals surface area contributed by atoms with Crippen LogP contribution in [0.1, 0.15) is 0 Å². The van der Waals surface area contributed by atoms with Crippen molar-refractivity contribution in [3.63, 3.8) is 0 Å². The van der Waals surface area contributed by atoms with Gasteiger partial charge in [0.15, 0.2) is 0 Å². The molecule has 0 aromatic rings. The zero-order valence-corrected chi connectivity index (χ0v) is 12.9. The first-order valence-electron chi connectivity index (χ1n) is 5.03. The summed E-state index contributed by atoms with van der Waals surface area (Å²) in [7, 11) is 0. The summed E-state index contributed by atoms with van der Waals surface area (Å²) in [6.07, 6.45) is 18.4. The Labute approximate surface area is 125 Å². The Bertz CT molecular complexity index is 551. The number of allylic oxidation sites excluding steroid dienone is 6. The number of aliphatic imine (C=N–C) groups is 2. The zero-order chi connectivity index (χ0) is 16.2. The Kier molecular flexibility index (Phi) is 9.46. The van der Waals surface area contributed by atoms with Gasteiger partial charge in [-0.1, -0.05) is 0 Å². The van der Waals surface area contributed by atoms with E-state index in [1.807, 2.05) is 36.5 Å². The van der Waals surface area contributed by atoms with Crippen LogP contribution in [0.4, 0.5) is 0 Å². The molecule has 0 fully saturated rings. The van der Waals surface area contributed by atoms with E-state index in [9.17, 15) is 23.5 Å². The van der Waals surface area contributed by atoms with Crippen LogP contribution in [0.15, 0.2) is 48.9 Å². The van der Waals surface area contributed by atoms with Gasteiger partial charge in [0.25, 0.3) is 0 Å². The van der Waals surface area contributed by atoms with Crippen LogP contribution in [0.5, 0.6) is 0 Å². The molecular weight excluding hydrogens is 364 g/mol. The molecule has 114 valence electrons. The van der Waals surface area contributed by atoms with Crippen LogP contribution >= 0.6 is 0 Å². The maximum atomic E-state index is 9.38. The normalized spacial score (nSPS) is 15.0. The standard InChI is InChI=1S/2C5H5N.2Cr.7O/c2*1-2-4-6-5-3-1;;;;;;;;;/h2*1-5H;;;;;;;;;/q2*+1;;;;;;;;2*-1. The van der Waals surface area contributed by atoms with Crippen LogP contribution in [0, 0.1) is 0 Å². The van der Waals surface area contributed by atoms with Crippen molar-refractivity contribution in [1.29, 1.82) is 0 Å². The number of rotatable bonds is 2. The van der Waals surface area contributed by atoms with E-state index in [2.05, 4.69) is 12.8 Å². The van der Waals surface area contributed by atoms with E-state index in [0.717, 1.165) is 0 Å². The quantitative estimate of drug-likeness (QED) is 0.543. The van der Waals surface area contributed by atoms with Crippen molar-refractivity contribution in [1.82, 2.24) is 9.98 Å². The second kappa shape index (κ2) is 10.2. The molecule has 0 amide bonds. The number of hydrogen-bond donors (Lipinski definition) is 0. The van der Waals surface area contributed by atoms with Gasteiger partial charge >= 0.3 is 53.6 Å². The first-order valence-corrected chi connectivity index (χ1v) is 9.20. The minimum absolute atomic E-state index is 1.75. The van der Waals surface area contributed by atoms with Crippen LogP contribution in [-0.4, -0.2) is 12.4 Å². The Hall–Kier alpha value is -1.56. The molecule has 2 aliphatic heterocycles. The van der Waals surface area contributed by atoms with Gasteiger partial charge in [-0.3, -0.25) is 0 Å². The summed E-state index contributed by atoms with van der Waals surface area (Å²) in [4.78, 5) is 7.57. The molecule has 0 saturated heterocycles. The van der Waals surface area contributed by atoms with Crippen LogP contribution in [0.2, 0.25) is 0 Å². The SMILES string of the molecule is C1=CC=[N+]C=C1.C1=CC=[N+]C=C1.[O]=[Cr](=[O])([O-])[O][Cr](=[O])(=[O])[O-]. The maximum absolute atomic E-state index is 9.38. The molecule has 0 atom stereocenters. The van der Waals surface area contributed by atoms with Crippen molar-refractivity contribution in [2.75, 3.05) is 0 Å². The molecule has 11 heteroatoms. The van der Waals surface area contributed by atoms with E-state index in [4.69, 9.17) is 0 Å². The molecular formula is C10H10Cr2N2O7.